The predicted molar refractivity (Wildman–Crippen MR) is 213 cm³/mol. The van der Waals surface area contributed by atoms with Crippen LogP contribution in [0.2, 0.25) is 0 Å². The van der Waals surface area contributed by atoms with Crippen molar-refractivity contribution < 1.29 is 65.5 Å². The third-order valence-electron chi connectivity index (χ3n) is 8.66. The van der Waals surface area contributed by atoms with Crippen molar-refractivity contribution in [1.82, 2.24) is 0 Å². The lowest BCUT2D eigenvalue weighted by Gasteiger charge is -2.12. The van der Waals surface area contributed by atoms with Gasteiger partial charge in [-0.1, -0.05) is 74.9 Å². The van der Waals surface area contributed by atoms with Crippen LogP contribution < -0.4 is 13.7 Å². The molecular weight excluding hydrogens is 795 g/mol. The summed E-state index contributed by atoms with van der Waals surface area (Å²) in [5.41, 5.74) is 11.0. The maximum Gasteiger partial charge on any atom is 0.673 e. The van der Waals surface area contributed by atoms with E-state index in [4.69, 9.17) is 0 Å². The molecule has 0 aliphatic heterocycles. The number of aromatic nitrogens is 3. The lowest BCUT2D eigenvalue weighted by Crippen LogP contribution is -2.39. The number of aryl methyl sites for hydroxylation is 4. The van der Waals surface area contributed by atoms with Crippen LogP contribution in [-0.4, -0.2) is 21.8 Å². The zero-order valence-electron chi connectivity index (χ0n) is 33.6. The standard InChI is InChI=1S/C41H50N3.3BF4/c1-5-7-9-11-25-42-27-21-35(22-28-42)38-31-40(36-17-13-33(3)14-18-36)44(41(32-38)37-19-15-34(4)16-20-37)39-23-29-43(30-24-39)26-12-10-8-6-2;3*2-1(3,4)5/h13-24,27-32H,5-12,25-26H2,1-4H3;;;/q+3;3*-1. The number of hydrogen-bond acceptors (Lipinski definition) is 0. The maximum atomic E-state index is 9.75. The normalized spacial score (nSPS) is 11.4. The minimum atomic E-state index is -6.00. The molecule has 0 spiro atoms. The van der Waals surface area contributed by atoms with Crippen molar-refractivity contribution in [1.29, 1.82) is 0 Å². The van der Waals surface area contributed by atoms with Gasteiger partial charge in [0.2, 0.25) is 17.1 Å². The van der Waals surface area contributed by atoms with Gasteiger partial charge in [-0.2, -0.15) is 4.57 Å². The molecular formula is C41H50B3F12N3. The van der Waals surface area contributed by atoms with Crippen molar-refractivity contribution in [3.63, 3.8) is 0 Å². The second kappa shape index (κ2) is 24.4. The van der Waals surface area contributed by atoms with Crippen LogP contribution >= 0.6 is 0 Å². The Bertz CT molecular complexity index is 1820. The molecule has 0 aliphatic carbocycles. The predicted octanol–water partition coefficient (Wildman–Crippen LogP) is 13.2. The van der Waals surface area contributed by atoms with E-state index >= 15 is 0 Å². The summed E-state index contributed by atoms with van der Waals surface area (Å²) in [4.78, 5) is 0. The number of rotatable bonds is 14. The Morgan fingerprint density at radius 2 is 0.712 bits per heavy atom. The highest BCUT2D eigenvalue weighted by Gasteiger charge is 2.26. The van der Waals surface area contributed by atoms with Crippen LogP contribution in [0.5, 0.6) is 0 Å². The summed E-state index contributed by atoms with van der Waals surface area (Å²) in [6.07, 6.45) is 19.2. The van der Waals surface area contributed by atoms with Crippen molar-refractivity contribution in [3.05, 3.63) is 121 Å². The minimum absolute atomic E-state index is 1.06. The molecule has 0 saturated carbocycles. The zero-order valence-corrected chi connectivity index (χ0v) is 33.6. The van der Waals surface area contributed by atoms with E-state index in [1.165, 1.54) is 102 Å². The van der Waals surface area contributed by atoms with Gasteiger partial charge in [0.05, 0.1) is 12.1 Å². The molecule has 0 fully saturated rings. The first-order valence-electron chi connectivity index (χ1n) is 19.4. The van der Waals surface area contributed by atoms with Gasteiger partial charge in [-0.15, -0.1) is 0 Å². The minimum Gasteiger partial charge on any atom is -0.418 e. The van der Waals surface area contributed by atoms with Crippen molar-refractivity contribution in [3.8, 4) is 39.3 Å². The van der Waals surface area contributed by atoms with Crippen LogP contribution in [0.15, 0.2) is 110 Å². The molecule has 322 valence electrons. The van der Waals surface area contributed by atoms with E-state index in [1.807, 2.05) is 0 Å². The molecule has 0 amide bonds. The SMILES string of the molecule is CCCCCC[n+]1ccc(-c2cc(-c3ccc(C)cc3)[n+](-c3cc[n+](CCCCCC)cc3)c(-c3ccc(C)cc3)c2)cc1.F[B-](F)(F)F.F[B-](F)(F)F.F[B-](F)(F)F. The first-order chi connectivity index (χ1) is 27.6. The fourth-order valence-electron chi connectivity index (χ4n) is 5.90. The first-order valence-corrected chi connectivity index (χ1v) is 19.4. The van der Waals surface area contributed by atoms with Crippen LogP contribution in [0.25, 0.3) is 39.3 Å². The van der Waals surface area contributed by atoms with E-state index < -0.39 is 21.8 Å². The van der Waals surface area contributed by atoms with Crippen molar-refractivity contribution in [2.75, 3.05) is 0 Å². The Labute approximate surface area is 339 Å². The van der Waals surface area contributed by atoms with Crippen LogP contribution in [0.1, 0.15) is 76.3 Å². The second-order valence-corrected chi connectivity index (χ2v) is 13.8. The number of pyridine rings is 3. The van der Waals surface area contributed by atoms with E-state index in [1.54, 1.807) is 0 Å². The highest BCUT2D eigenvalue weighted by molar-refractivity contribution is 6.50. The highest BCUT2D eigenvalue weighted by atomic mass is 19.5. The molecule has 0 saturated heterocycles. The van der Waals surface area contributed by atoms with Gasteiger partial charge in [0.25, 0.3) is 0 Å². The molecule has 3 aromatic heterocycles. The summed E-state index contributed by atoms with van der Waals surface area (Å²) < 4.78 is 124. The highest BCUT2D eigenvalue weighted by Crippen LogP contribution is 2.30. The molecule has 0 radical (unpaired) electrons. The summed E-state index contributed by atoms with van der Waals surface area (Å²) in [5, 5.41) is 0. The molecule has 3 heterocycles. The molecule has 0 bridgehead atoms. The van der Waals surface area contributed by atoms with Gasteiger partial charge < -0.3 is 51.8 Å². The summed E-state index contributed by atoms with van der Waals surface area (Å²) in [6.45, 7) is 11.0. The molecule has 0 aliphatic rings. The van der Waals surface area contributed by atoms with Crippen molar-refractivity contribution >= 4 is 21.8 Å². The monoisotopic (exact) mass is 845 g/mol. The Hall–Kier alpha value is -4.76. The number of halogens is 12. The van der Waals surface area contributed by atoms with E-state index in [9.17, 15) is 51.8 Å². The van der Waals surface area contributed by atoms with Crippen LogP contribution in [0.4, 0.5) is 51.8 Å². The second-order valence-electron chi connectivity index (χ2n) is 13.8. The summed E-state index contributed by atoms with van der Waals surface area (Å²) >= 11 is 0. The molecule has 18 heteroatoms. The average Bonchev–Trinajstić information content (AvgIpc) is 3.14. The smallest absolute Gasteiger partial charge is 0.418 e. The fraction of sp³-hybridized carbons (Fsp3) is 0.341. The zero-order chi connectivity index (χ0) is 44.2. The molecule has 0 unspecified atom stereocenters. The van der Waals surface area contributed by atoms with E-state index in [-0.39, 0.29) is 0 Å². The van der Waals surface area contributed by atoms with Gasteiger partial charge >= 0.3 is 21.8 Å². The number of nitrogens with zero attached hydrogens (tertiary/aromatic N) is 3. The van der Waals surface area contributed by atoms with Gasteiger partial charge in [0, 0.05) is 48.2 Å². The summed E-state index contributed by atoms with van der Waals surface area (Å²) in [5.74, 6) is 0. The topological polar surface area (TPSA) is 11.6 Å². The van der Waals surface area contributed by atoms with Gasteiger partial charge in [-0.3, -0.25) is 0 Å². The van der Waals surface area contributed by atoms with Gasteiger partial charge in [0.15, 0.2) is 24.8 Å². The Kier molecular flexibility index (Phi) is 20.8. The molecule has 5 rings (SSSR count). The number of unbranched alkanes of at least 4 members (excludes halogenated alkanes) is 6. The third kappa shape index (κ3) is 22.3. The fourth-order valence-corrected chi connectivity index (χ4v) is 5.90. The first kappa shape index (κ1) is 50.4. The Morgan fingerprint density at radius 1 is 0.390 bits per heavy atom. The van der Waals surface area contributed by atoms with Gasteiger partial charge in [-0.25, -0.2) is 9.13 Å². The lowest BCUT2D eigenvalue weighted by molar-refractivity contribution is -0.698. The number of benzene rings is 2. The molecule has 2 aromatic carbocycles. The van der Waals surface area contributed by atoms with Gasteiger partial charge in [-0.05, 0) is 62.1 Å². The van der Waals surface area contributed by atoms with Crippen molar-refractivity contribution in [2.45, 2.75) is 92.2 Å². The summed E-state index contributed by atoms with van der Waals surface area (Å²) in [7, 11) is -18.0. The average molecular weight is 845 g/mol. The van der Waals surface area contributed by atoms with Gasteiger partial charge in [0.1, 0.15) is 13.1 Å². The quantitative estimate of drug-likeness (QED) is 0.0457. The van der Waals surface area contributed by atoms with Crippen LogP contribution in [0, 0.1) is 13.8 Å². The van der Waals surface area contributed by atoms with Crippen LogP contribution in [0.3, 0.4) is 0 Å². The number of hydrogen-bond donors (Lipinski definition) is 0. The molecule has 59 heavy (non-hydrogen) atoms. The van der Waals surface area contributed by atoms with Crippen molar-refractivity contribution in [2.24, 2.45) is 0 Å². The van der Waals surface area contributed by atoms with E-state index in [2.05, 4.69) is 151 Å². The molecule has 0 N–H and O–H groups in total. The molecule has 3 nitrogen and oxygen atoms in total. The lowest BCUT2D eigenvalue weighted by atomic mass is 9.98. The van der Waals surface area contributed by atoms with E-state index in [0.29, 0.717) is 0 Å². The maximum absolute atomic E-state index is 9.75. The third-order valence-corrected chi connectivity index (χ3v) is 8.66. The largest absolute Gasteiger partial charge is 0.673 e. The van der Waals surface area contributed by atoms with Crippen LogP contribution in [-0.2, 0) is 13.1 Å². The molecule has 5 aromatic rings. The molecule has 0 atom stereocenters. The summed E-state index contributed by atoms with van der Waals surface area (Å²) in [6, 6.07) is 31.8. The van der Waals surface area contributed by atoms with E-state index in [0.717, 1.165) is 13.1 Å². The Morgan fingerprint density at radius 3 is 1.03 bits per heavy atom. The Balaban J connectivity index is 0.000000684.